The fourth-order valence-electron chi connectivity index (χ4n) is 3.06. The van der Waals surface area contributed by atoms with Crippen LogP contribution in [-0.2, 0) is 0 Å². The standard InChI is InChI=1S/C16H22BrN3/c1-12-10-14(17)4-5-16(12)20-13(2)7-9-19(3)11-15(20)6-8-18/h4-5,10,13,15H,6-7,9,11H2,1-3H3. The molecule has 1 aromatic rings. The Morgan fingerprint density at radius 1 is 1.45 bits per heavy atom. The Hall–Kier alpha value is -1.05. The van der Waals surface area contributed by atoms with Crippen LogP contribution in [0.3, 0.4) is 0 Å². The van der Waals surface area contributed by atoms with Crippen molar-refractivity contribution in [2.24, 2.45) is 0 Å². The van der Waals surface area contributed by atoms with Crippen molar-refractivity contribution in [2.75, 3.05) is 25.0 Å². The van der Waals surface area contributed by atoms with Crippen LogP contribution in [0, 0.1) is 18.3 Å². The van der Waals surface area contributed by atoms with Crippen LogP contribution in [0.4, 0.5) is 5.69 Å². The molecule has 0 saturated carbocycles. The third kappa shape index (κ3) is 3.34. The predicted octanol–water partition coefficient (Wildman–Crippen LogP) is 3.57. The molecule has 1 aromatic carbocycles. The zero-order valence-corrected chi connectivity index (χ0v) is 14.0. The molecule has 4 heteroatoms. The van der Waals surface area contributed by atoms with Gasteiger partial charge in [-0.2, -0.15) is 5.26 Å². The van der Waals surface area contributed by atoms with E-state index in [-0.39, 0.29) is 6.04 Å². The molecule has 2 unspecified atom stereocenters. The fourth-order valence-corrected chi connectivity index (χ4v) is 3.53. The van der Waals surface area contributed by atoms with E-state index in [1.807, 2.05) is 0 Å². The lowest BCUT2D eigenvalue weighted by Crippen LogP contribution is -2.44. The van der Waals surface area contributed by atoms with Gasteiger partial charge in [-0.3, -0.25) is 0 Å². The van der Waals surface area contributed by atoms with Crippen LogP contribution in [-0.4, -0.2) is 37.1 Å². The highest BCUT2D eigenvalue weighted by Crippen LogP contribution is 2.30. The molecule has 0 spiro atoms. The maximum atomic E-state index is 9.16. The molecule has 2 rings (SSSR count). The quantitative estimate of drug-likeness (QED) is 0.827. The molecule has 1 saturated heterocycles. The molecule has 3 nitrogen and oxygen atoms in total. The van der Waals surface area contributed by atoms with Crippen LogP contribution < -0.4 is 4.90 Å². The van der Waals surface area contributed by atoms with Crippen molar-refractivity contribution in [2.45, 2.75) is 38.8 Å². The third-order valence-corrected chi connectivity index (χ3v) is 4.58. The fraction of sp³-hybridized carbons (Fsp3) is 0.562. The molecule has 0 N–H and O–H groups in total. The van der Waals surface area contributed by atoms with Crippen molar-refractivity contribution >= 4 is 21.6 Å². The Balaban J connectivity index is 2.39. The Labute approximate surface area is 130 Å². The lowest BCUT2D eigenvalue weighted by Gasteiger charge is -2.37. The number of hydrogen-bond acceptors (Lipinski definition) is 3. The number of aryl methyl sites for hydroxylation is 1. The Kier molecular flexibility index (Phi) is 5.06. The number of benzene rings is 1. The molecule has 0 aromatic heterocycles. The minimum absolute atomic E-state index is 0.266. The second-order valence-electron chi connectivity index (χ2n) is 5.75. The first kappa shape index (κ1) is 15.3. The highest BCUT2D eigenvalue weighted by molar-refractivity contribution is 9.10. The number of hydrogen-bond donors (Lipinski definition) is 0. The zero-order valence-electron chi connectivity index (χ0n) is 12.4. The van der Waals surface area contributed by atoms with Crippen LogP contribution in [0.1, 0.15) is 25.3 Å². The van der Waals surface area contributed by atoms with E-state index >= 15 is 0 Å². The third-order valence-electron chi connectivity index (χ3n) is 4.08. The van der Waals surface area contributed by atoms with Gasteiger partial charge in [0.15, 0.2) is 0 Å². The number of rotatable bonds is 2. The zero-order chi connectivity index (χ0) is 14.7. The summed E-state index contributed by atoms with van der Waals surface area (Å²) in [4.78, 5) is 4.79. The van der Waals surface area contributed by atoms with E-state index in [1.165, 1.54) is 11.3 Å². The smallest absolute Gasteiger partial charge is 0.0643 e. The summed E-state index contributed by atoms with van der Waals surface area (Å²) >= 11 is 3.53. The number of nitriles is 1. The van der Waals surface area contributed by atoms with E-state index < -0.39 is 0 Å². The summed E-state index contributed by atoms with van der Waals surface area (Å²) in [6.45, 7) is 6.46. The molecule has 0 bridgehead atoms. The summed E-state index contributed by atoms with van der Waals surface area (Å²) in [5.74, 6) is 0. The normalized spacial score (nSPS) is 24.2. The van der Waals surface area contributed by atoms with Crippen LogP contribution in [0.25, 0.3) is 0 Å². The van der Waals surface area contributed by atoms with Gasteiger partial charge < -0.3 is 9.80 Å². The van der Waals surface area contributed by atoms with Gasteiger partial charge in [-0.1, -0.05) is 15.9 Å². The predicted molar refractivity (Wildman–Crippen MR) is 87.0 cm³/mol. The molecule has 1 fully saturated rings. The van der Waals surface area contributed by atoms with E-state index in [0.717, 1.165) is 24.0 Å². The van der Waals surface area contributed by atoms with Crippen LogP contribution in [0.2, 0.25) is 0 Å². The summed E-state index contributed by atoms with van der Waals surface area (Å²) in [6, 6.07) is 9.50. The molecule has 2 atom stereocenters. The van der Waals surface area contributed by atoms with Crippen molar-refractivity contribution in [3.05, 3.63) is 28.2 Å². The van der Waals surface area contributed by atoms with Crippen molar-refractivity contribution in [3.8, 4) is 6.07 Å². The average Bonchev–Trinajstić information content (AvgIpc) is 2.51. The lowest BCUT2D eigenvalue weighted by atomic mass is 10.1. The number of anilines is 1. The Morgan fingerprint density at radius 2 is 2.20 bits per heavy atom. The number of halogens is 1. The summed E-state index contributed by atoms with van der Waals surface area (Å²) in [5.41, 5.74) is 2.52. The van der Waals surface area contributed by atoms with Crippen molar-refractivity contribution in [1.29, 1.82) is 5.26 Å². The maximum absolute atomic E-state index is 9.16. The lowest BCUT2D eigenvalue weighted by molar-refractivity contribution is 0.331. The van der Waals surface area contributed by atoms with Crippen molar-refractivity contribution in [3.63, 3.8) is 0 Å². The Morgan fingerprint density at radius 3 is 2.85 bits per heavy atom. The Bertz CT molecular complexity index is 509. The summed E-state index contributed by atoms with van der Waals surface area (Å²) in [5, 5.41) is 9.16. The molecule has 20 heavy (non-hydrogen) atoms. The number of nitrogens with zero attached hydrogens (tertiary/aromatic N) is 3. The number of likely N-dealkylation sites (N-methyl/N-ethyl adjacent to an activating group) is 1. The average molecular weight is 336 g/mol. The molecule has 1 heterocycles. The largest absolute Gasteiger partial charge is 0.363 e. The van der Waals surface area contributed by atoms with Gasteiger partial charge in [-0.25, -0.2) is 0 Å². The first-order chi connectivity index (χ1) is 9.52. The molecule has 0 amide bonds. The van der Waals surface area contributed by atoms with Gasteiger partial charge in [0.05, 0.1) is 18.5 Å². The highest BCUT2D eigenvalue weighted by atomic mass is 79.9. The summed E-state index contributed by atoms with van der Waals surface area (Å²) in [6.07, 6.45) is 1.71. The van der Waals surface area contributed by atoms with Gasteiger partial charge in [0.2, 0.25) is 0 Å². The van der Waals surface area contributed by atoms with Gasteiger partial charge in [-0.05, 0) is 57.6 Å². The second kappa shape index (κ2) is 6.60. The van der Waals surface area contributed by atoms with E-state index in [9.17, 15) is 0 Å². The maximum Gasteiger partial charge on any atom is 0.0643 e. The SMILES string of the molecule is Cc1cc(Br)ccc1N1C(C)CCN(C)CC1CC#N. The van der Waals surface area contributed by atoms with Crippen LogP contribution >= 0.6 is 15.9 Å². The van der Waals surface area contributed by atoms with E-state index in [4.69, 9.17) is 5.26 Å². The molecular formula is C16H22BrN3. The second-order valence-corrected chi connectivity index (χ2v) is 6.67. The van der Waals surface area contributed by atoms with Gasteiger partial charge in [0, 0.05) is 22.7 Å². The summed E-state index contributed by atoms with van der Waals surface area (Å²) in [7, 11) is 2.15. The van der Waals surface area contributed by atoms with Crippen molar-refractivity contribution < 1.29 is 0 Å². The van der Waals surface area contributed by atoms with Gasteiger partial charge in [0.25, 0.3) is 0 Å². The first-order valence-corrected chi connectivity index (χ1v) is 7.92. The van der Waals surface area contributed by atoms with Crippen molar-refractivity contribution in [1.82, 2.24) is 4.90 Å². The van der Waals surface area contributed by atoms with E-state index in [2.05, 4.69) is 70.9 Å². The molecular weight excluding hydrogens is 314 g/mol. The monoisotopic (exact) mass is 335 g/mol. The topological polar surface area (TPSA) is 30.3 Å². The molecule has 1 aliphatic heterocycles. The highest BCUT2D eigenvalue weighted by Gasteiger charge is 2.29. The molecule has 108 valence electrons. The van der Waals surface area contributed by atoms with Crippen LogP contribution in [0.15, 0.2) is 22.7 Å². The van der Waals surface area contributed by atoms with Gasteiger partial charge >= 0.3 is 0 Å². The molecule has 1 aliphatic rings. The minimum Gasteiger partial charge on any atom is -0.363 e. The van der Waals surface area contributed by atoms with Gasteiger partial charge in [-0.15, -0.1) is 0 Å². The first-order valence-electron chi connectivity index (χ1n) is 7.13. The van der Waals surface area contributed by atoms with Crippen LogP contribution in [0.5, 0.6) is 0 Å². The molecule has 0 aliphatic carbocycles. The molecule has 0 radical (unpaired) electrons. The van der Waals surface area contributed by atoms with Gasteiger partial charge in [0.1, 0.15) is 0 Å². The minimum atomic E-state index is 0.266. The van der Waals surface area contributed by atoms with E-state index in [0.29, 0.717) is 12.5 Å². The summed E-state index contributed by atoms with van der Waals surface area (Å²) < 4.78 is 1.11. The van der Waals surface area contributed by atoms with E-state index in [1.54, 1.807) is 0 Å².